The van der Waals surface area contributed by atoms with Gasteiger partial charge in [-0.25, -0.2) is 4.57 Å². The zero-order valence-electron chi connectivity index (χ0n) is 39.5. The number of aliphatic hydroxyl groups excluding tert-OH is 5. The summed E-state index contributed by atoms with van der Waals surface area (Å²) in [4.78, 5) is 35.7. The van der Waals surface area contributed by atoms with Crippen molar-refractivity contribution in [1.82, 2.24) is 0 Å². The largest absolute Gasteiger partial charge is 0.472 e. The van der Waals surface area contributed by atoms with Crippen molar-refractivity contribution in [3.63, 3.8) is 0 Å². The summed E-state index contributed by atoms with van der Waals surface area (Å²) in [6, 6.07) is 0. The fraction of sp³-hybridized carbons (Fsp3) is 0.686. The highest BCUT2D eigenvalue weighted by Crippen LogP contribution is 2.47. The van der Waals surface area contributed by atoms with Crippen LogP contribution >= 0.6 is 7.82 Å². The second-order valence-electron chi connectivity index (χ2n) is 16.6. The number of carbonyl (C=O) groups excluding carboxylic acids is 2. The summed E-state index contributed by atoms with van der Waals surface area (Å²) < 4.78 is 33.5. The van der Waals surface area contributed by atoms with E-state index in [1.165, 1.54) is 38.5 Å². The Kier molecular flexibility index (Phi) is 37.1. The van der Waals surface area contributed by atoms with Crippen molar-refractivity contribution in [1.29, 1.82) is 0 Å². The van der Waals surface area contributed by atoms with Crippen molar-refractivity contribution in [2.75, 3.05) is 13.2 Å². The SMILES string of the molecule is CCCCC/C=C/C/C=C/C/C=C/C/C=C/C/C=C/CCC(=O)O[C@H](COC(=O)CCCCCCCCC/C=C/C/C=C/CCCCC)COP(=O)(O)OC1C(O)C(O)C(O)[C@@H](O)C1O. The lowest BCUT2D eigenvalue weighted by molar-refractivity contribution is -0.220. The lowest BCUT2D eigenvalue weighted by Gasteiger charge is -2.41. The summed E-state index contributed by atoms with van der Waals surface area (Å²) in [6.07, 6.45) is 39.2. The molecule has 65 heavy (non-hydrogen) atoms. The number of esters is 2. The first-order chi connectivity index (χ1) is 31.4. The number of aliphatic hydroxyl groups is 5. The summed E-state index contributed by atoms with van der Waals surface area (Å²) in [5, 5.41) is 50.2. The average Bonchev–Trinajstić information content (AvgIpc) is 3.29. The Morgan fingerprint density at radius 2 is 0.862 bits per heavy atom. The first-order valence-corrected chi connectivity index (χ1v) is 25.9. The molecule has 0 saturated heterocycles. The first-order valence-electron chi connectivity index (χ1n) is 24.4. The lowest BCUT2D eigenvalue weighted by atomic mass is 9.85. The zero-order chi connectivity index (χ0) is 47.8. The first kappa shape index (κ1) is 60.0. The topological polar surface area (TPSA) is 210 Å². The molecule has 0 radical (unpaired) electrons. The second-order valence-corrected chi connectivity index (χ2v) is 18.0. The molecule has 1 saturated carbocycles. The molecule has 1 aliphatic carbocycles. The molecule has 0 aromatic heterocycles. The van der Waals surface area contributed by atoms with Crippen molar-refractivity contribution in [2.24, 2.45) is 0 Å². The van der Waals surface area contributed by atoms with Crippen LogP contribution < -0.4 is 0 Å². The third kappa shape index (κ3) is 32.4. The molecule has 1 rings (SSSR count). The van der Waals surface area contributed by atoms with E-state index in [9.17, 15) is 44.6 Å². The molecular weight excluding hydrogens is 852 g/mol. The van der Waals surface area contributed by atoms with Crippen LogP contribution in [0.4, 0.5) is 0 Å². The van der Waals surface area contributed by atoms with Gasteiger partial charge in [0.25, 0.3) is 0 Å². The number of hydrogen-bond donors (Lipinski definition) is 6. The fourth-order valence-electron chi connectivity index (χ4n) is 6.77. The van der Waals surface area contributed by atoms with E-state index < -0.39 is 75.7 Å². The standard InChI is InChI=1S/C51H85O13P/c1-3-5-7-9-11-13-15-17-19-21-22-24-26-28-30-32-34-36-38-40-45(53)63-43(42-62-65(59,60)64-51-49(57)47(55)46(54)48(56)50(51)58)41-61-44(52)39-37-35-33-31-29-27-25-23-20-18-16-14-12-10-8-6-4-2/h11-14,17-20,22,24,28,30,34,36,43,46-51,54-58H,3-10,15-16,21,23,25-27,29,31-33,35,37-42H2,1-2H3,(H,59,60)/b13-11+,14-12+,19-17+,20-18+,24-22+,30-28+,36-34+/t43-,46?,47-,48?,49?,50?,51?/m1/s1. The van der Waals surface area contributed by atoms with E-state index >= 15 is 0 Å². The maximum atomic E-state index is 12.8. The van der Waals surface area contributed by atoms with E-state index in [0.717, 1.165) is 83.5 Å². The van der Waals surface area contributed by atoms with Gasteiger partial charge in [-0.3, -0.25) is 18.6 Å². The third-order valence-corrected chi connectivity index (χ3v) is 11.7. The van der Waals surface area contributed by atoms with Crippen LogP contribution in [0.25, 0.3) is 0 Å². The number of allylic oxidation sites excluding steroid dienone is 14. The van der Waals surface area contributed by atoms with Gasteiger partial charge in [0.05, 0.1) is 6.61 Å². The number of phosphoric ester groups is 1. The van der Waals surface area contributed by atoms with Crippen molar-refractivity contribution in [2.45, 2.75) is 211 Å². The second kappa shape index (κ2) is 40.1. The smallest absolute Gasteiger partial charge is 0.462 e. The number of hydrogen-bond acceptors (Lipinski definition) is 12. The molecule has 0 bridgehead atoms. The van der Waals surface area contributed by atoms with E-state index in [4.69, 9.17) is 18.5 Å². The van der Waals surface area contributed by atoms with Gasteiger partial charge in [0.2, 0.25) is 0 Å². The summed E-state index contributed by atoms with van der Waals surface area (Å²) in [6.45, 7) is 3.18. The third-order valence-electron chi connectivity index (χ3n) is 10.7. The Bertz CT molecular complexity index is 1460. The predicted octanol–water partition coefficient (Wildman–Crippen LogP) is 10.1. The molecule has 1 aliphatic rings. The van der Waals surface area contributed by atoms with Gasteiger partial charge in [-0.15, -0.1) is 0 Å². The lowest BCUT2D eigenvalue weighted by Crippen LogP contribution is -2.64. The Morgan fingerprint density at radius 1 is 0.477 bits per heavy atom. The average molecular weight is 937 g/mol. The number of unbranched alkanes of at least 4 members (excludes halogenated alkanes) is 13. The molecule has 0 spiro atoms. The molecule has 372 valence electrons. The molecule has 6 N–H and O–H groups in total. The van der Waals surface area contributed by atoms with E-state index in [-0.39, 0.29) is 12.8 Å². The number of phosphoric acid groups is 1. The maximum Gasteiger partial charge on any atom is 0.472 e. The molecule has 0 aliphatic heterocycles. The summed E-state index contributed by atoms with van der Waals surface area (Å²) in [5.74, 6) is -1.21. The van der Waals surface area contributed by atoms with Crippen LogP contribution in [-0.4, -0.2) is 98.3 Å². The van der Waals surface area contributed by atoms with E-state index in [0.29, 0.717) is 19.3 Å². The molecule has 0 heterocycles. The molecule has 14 heteroatoms. The molecule has 8 atom stereocenters. The molecule has 13 nitrogen and oxygen atoms in total. The number of rotatable bonds is 39. The highest BCUT2D eigenvalue weighted by molar-refractivity contribution is 7.47. The quantitative estimate of drug-likeness (QED) is 0.0147. The Hall–Kier alpha value is -2.97. The van der Waals surface area contributed by atoms with Crippen LogP contribution in [-0.2, 0) is 32.7 Å². The number of ether oxygens (including phenoxy) is 2. The Morgan fingerprint density at radius 3 is 1.32 bits per heavy atom. The van der Waals surface area contributed by atoms with Crippen molar-refractivity contribution < 1.29 is 63.1 Å². The van der Waals surface area contributed by atoms with E-state index in [1.54, 1.807) is 0 Å². The van der Waals surface area contributed by atoms with Gasteiger partial charge in [0, 0.05) is 12.8 Å². The van der Waals surface area contributed by atoms with Crippen molar-refractivity contribution in [3.05, 3.63) is 85.1 Å². The maximum absolute atomic E-state index is 12.8. The normalized spacial score (nSPS) is 22.2. The van der Waals surface area contributed by atoms with Crippen LogP contribution in [0.5, 0.6) is 0 Å². The Balaban J connectivity index is 2.50. The molecule has 0 amide bonds. The Labute approximate surface area is 390 Å². The molecule has 0 aromatic carbocycles. The summed E-state index contributed by atoms with van der Waals surface area (Å²) in [5.41, 5.74) is 0. The van der Waals surface area contributed by atoms with Crippen LogP contribution in [0.3, 0.4) is 0 Å². The molecular formula is C51H85O13P. The molecule has 1 fully saturated rings. The zero-order valence-corrected chi connectivity index (χ0v) is 40.4. The van der Waals surface area contributed by atoms with Crippen molar-refractivity contribution in [3.8, 4) is 0 Å². The van der Waals surface area contributed by atoms with Crippen LogP contribution in [0.15, 0.2) is 85.1 Å². The summed E-state index contributed by atoms with van der Waals surface area (Å²) >= 11 is 0. The van der Waals surface area contributed by atoms with Crippen LogP contribution in [0, 0.1) is 0 Å². The predicted molar refractivity (Wildman–Crippen MR) is 258 cm³/mol. The summed E-state index contributed by atoms with van der Waals surface area (Å²) in [7, 11) is -5.15. The van der Waals surface area contributed by atoms with Crippen LogP contribution in [0.1, 0.15) is 168 Å². The molecule has 0 aromatic rings. The minimum Gasteiger partial charge on any atom is -0.462 e. The minimum atomic E-state index is -5.15. The van der Waals surface area contributed by atoms with E-state index in [2.05, 4.69) is 80.7 Å². The van der Waals surface area contributed by atoms with Crippen LogP contribution in [0.2, 0.25) is 0 Å². The van der Waals surface area contributed by atoms with Gasteiger partial charge >= 0.3 is 19.8 Å². The van der Waals surface area contributed by atoms with Gasteiger partial charge < -0.3 is 39.9 Å². The van der Waals surface area contributed by atoms with Gasteiger partial charge in [0.1, 0.15) is 43.2 Å². The highest BCUT2D eigenvalue weighted by atomic mass is 31.2. The van der Waals surface area contributed by atoms with Crippen molar-refractivity contribution >= 4 is 19.8 Å². The van der Waals surface area contributed by atoms with Gasteiger partial charge in [0.15, 0.2) is 6.10 Å². The highest BCUT2D eigenvalue weighted by Gasteiger charge is 2.51. The number of carbonyl (C=O) groups is 2. The van der Waals surface area contributed by atoms with Gasteiger partial charge in [-0.2, -0.15) is 0 Å². The van der Waals surface area contributed by atoms with E-state index in [1.807, 2.05) is 18.2 Å². The van der Waals surface area contributed by atoms with Gasteiger partial charge in [-0.1, -0.05) is 157 Å². The fourth-order valence-corrected chi connectivity index (χ4v) is 7.74. The van der Waals surface area contributed by atoms with Gasteiger partial charge in [-0.05, 0) is 83.5 Å². The monoisotopic (exact) mass is 937 g/mol. The molecule has 6 unspecified atom stereocenters. The minimum absolute atomic E-state index is 0.0328.